The summed E-state index contributed by atoms with van der Waals surface area (Å²) in [6, 6.07) is 8.27. The van der Waals surface area contributed by atoms with Gasteiger partial charge >= 0.3 is 12.1 Å². The summed E-state index contributed by atoms with van der Waals surface area (Å²) in [4.78, 5) is 21.4. The van der Waals surface area contributed by atoms with Gasteiger partial charge in [0, 0.05) is 6.42 Å². The monoisotopic (exact) mass is 253 g/mol. The molecule has 0 bridgehead atoms. The van der Waals surface area contributed by atoms with E-state index >= 15 is 0 Å². The van der Waals surface area contributed by atoms with Crippen LogP contribution in [0.3, 0.4) is 0 Å². The number of nitrogens with two attached hydrogens (primary N) is 1. The number of carbonyl (C=O) groups excluding carboxylic acids is 1. The van der Waals surface area contributed by atoms with Crippen molar-refractivity contribution in [1.29, 1.82) is 0 Å². The fourth-order valence-corrected chi connectivity index (χ4v) is 1.17. The van der Waals surface area contributed by atoms with E-state index < -0.39 is 24.8 Å². The average Bonchev–Trinajstić information content (AvgIpc) is 2.37. The number of hydrogen-bond acceptors (Lipinski definition) is 5. The van der Waals surface area contributed by atoms with Crippen LogP contribution in [0.15, 0.2) is 30.3 Å². The highest BCUT2D eigenvalue weighted by molar-refractivity contribution is 5.73. The highest BCUT2D eigenvalue weighted by Gasteiger charge is 2.14. The van der Waals surface area contributed by atoms with Gasteiger partial charge in [-0.3, -0.25) is 4.79 Å². The molecule has 0 aromatic heterocycles. The van der Waals surface area contributed by atoms with Crippen LogP contribution in [0.25, 0.3) is 0 Å². The van der Waals surface area contributed by atoms with E-state index in [1.807, 2.05) is 30.3 Å². The summed E-state index contributed by atoms with van der Waals surface area (Å²) in [5.74, 6) is -1.23. The van der Waals surface area contributed by atoms with Crippen LogP contribution in [-0.2, 0) is 20.7 Å². The average molecular weight is 253 g/mol. The lowest BCUT2D eigenvalue weighted by Gasteiger charge is -2.08. The molecule has 98 valence electrons. The third-order valence-electron chi connectivity index (χ3n) is 2.15. The fourth-order valence-electron chi connectivity index (χ4n) is 1.17. The smallest absolute Gasteiger partial charge is 0.480 e. The van der Waals surface area contributed by atoms with E-state index in [2.05, 4.69) is 4.74 Å². The number of carbonyl (C=O) groups is 2. The zero-order valence-corrected chi connectivity index (χ0v) is 9.74. The molecule has 0 aliphatic carbocycles. The molecule has 0 aliphatic heterocycles. The van der Waals surface area contributed by atoms with Crippen molar-refractivity contribution in [3.8, 4) is 0 Å². The molecule has 1 aromatic rings. The number of benzene rings is 1. The number of hydrogen-bond donors (Lipinski definition) is 2. The highest BCUT2D eigenvalue weighted by Crippen LogP contribution is 2.00. The molecule has 6 heteroatoms. The van der Waals surface area contributed by atoms with Crippen LogP contribution in [-0.4, -0.2) is 36.5 Å². The van der Waals surface area contributed by atoms with E-state index in [0.29, 0.717) is 6.42 Å². The molecule has 1 rings (SSSR count). The topological polar surface area (TPSA) is 98.9 Å². The Morgan fingerprint density at radius 3 is 2.50 bits per heavy atom. The van der Waals surface area contributed by atoms with Crippen LogP contribution in [0.5, 0.6) is 0 Å². The summed E-state index contributed by atoms with van der Waals surface area (Å²) in [7, 11) is 0. The third-order valence-corrected chi connectivity index (χ3v) is 2.15. The molecule has 0 radical (unpaired) electrons. The largest absolute Gasteiger partial charge is 0.508 e. The maximum atomic E-state index is 11.1. The van der Waals surface area contributed by atoms with Gasteiger partial charge in [0.25, 0.3) is 0 Å². The van der Waals surface area contributed by atoms with E-state index in [9.17, 15) is 9.59 Å². The SMILES string of the molecule is NC(COC(=O)OCCc1ccccc1)C(=O)O. The molecule has 1 unspecified atom stereocenters. The lowest BCUT2D eigenvalue weighted by Crippen LogP contribution is -2.35. The maximum Gasteiger partial charge on any atom is 0.508 e. The molecule has 0 spiro atoms. The van der Waals surface area contributed by atoms with Crippen molar-refractivity contribution in [3.63, 3.8) is 0 Å². The van der Waals surface area contributed by atoms with E-state index in [0.717, 1.165) is 5.56 Å². The van der Waals surface area contributed by atoms with Gasteiger partial charge in [-0.1, -0.05) is 30.3 Å². The van der Waals surface area contributed by atoms with Crippen molar-refractivity contribution in [3.05, 3.63) is 35.9 Å². The van der Waals surface area contributed by atoms with Crippen LogP contribution in [0.4, 0.5) is 4.79 Å². The Kier molecular flexibility index (Phi) is 5.66. The van der Waals surface area contributed by atoms with Crippen molar-refractivity contribution in [2.24, 2.45) is 5.73 Å². The normalized spacial score (nSPS) is 11.6. The van der Waals surface area contributed by atoms with E-state index in [1.165, 1.54) is 0 Å². The zero-order valence-electron chi connectivity index (χ0n) is 9.74. The highest BCUT2D eigenvalue weighted by atomic mass is 16.7. The number of aliphatic carboxylic acids is 1. The quantitative estimate of drug-likeness (QED) is 0.727. The van der Waals surface area contributed by atoms with Gasteiger partial charge in [-0.15, -0.1) is 0 Å². The van der Waals surface area contributed by atoms with Crippen LogP contribution >= 0.6 is 0 Å². The van der Waals surface area contributed by atoms with Crippen molar-refractivity contribution >= 4 is 12.1 Å². The lowest BCUT2D eigenvalue weighted by molar-refractivity contribution is -0.139. The molecule has 1 atom stereocenters. The minimum absolute atomic E-state index is 0.172. The molecule has 18 heavy (non-hydrogen) atoms. The second-order valence-corrected chi connectivity index (χ2v) is 3.59. The van der Waals surface area contributed by atoms with Gasteiger partial charge in [0.2, 0.25) is 0 Å². The van der Waals surface area contributed by atoms with Crippen molar-refractivity contribution in [2.75, 3.05) is 13.2 Å². The van der Waals surface area contributed by atoms with Crippen LogP contribution in [0.1, 0.15) is 5.56 Å². The van der Waals surface area contributed by atoms with Gasteiger partial charge in [-0.05, 0) is 5.56 Å². The molecule has 1 aromatic carbocycles. The van der Waals surface area contributed by atoms with Gasteiger partial charge in [-0.25, -0.2) is 4.79 Å². The third kappa shape index (κ3) is 5.31. The molecule has 0 aliphatic rings. The van der Waals surface area contributed by atoms with E-state index in [4.69, 9.17) is 15.6 Å². The first-order chi connectivity index (χ1) is 8.59. The van der Waals surface area contributed by atoms with Gasteiger partial charge in [0.05, 0.1) is 6.61 Å². The van der Waals surface area contributed by atoms with E-state index in [1.54, 1.807) is 0 Å². The number of carboxylic acid groups (broad SMARTS) is 1. The van der Waals surface area contributed by atoms with Crippen molar-refractivity contribution in [1.82, 2.24) is 0 Å². The Morgan fingerprint density at radius 1 is 1.22 bits per heavy atom. The summed E-state index contributed by atoms with van der Waals surface area (Å²) in [6.45, 7) is -0.231. The fraction of sp³-hybridized carbons (Fsp3) is 0.333. The first-order valence-corrected chi connectivity index (χ1v) is 5.41. The number of carboxylic acids is 1. The van der Waals surface area contributed by atoms with Gasteiger partial charge in [0.15, 0.2) is 0 Å². The lowest BCUT2D eigenvalue weighted by atomic mass is 10.2. The maximum absolute atomic E-state index is 11.1. The molecule has 6 nitrogen and oxygen atoms in total. The second kappa shape index (κ2) is 7.29. The Balaban J connectivity index is 2.16. The molecular formula is C12H15NO5. The molecular weight excluding hydrogens is 238 g/mol. The summed E-state index contributed by atoms with van der Waals surface area (Å²) in [6.07, 6.45) is -0.344. The zero-order chi connectivity index (χ0) is 13.4. The van der Waals surface area contributed by atoms with Gasteiger partial charge < -0.3 is 20.3 Å². The summed E-state index contributed by atoms with van der Waals surface area (Å²) in [5.41, 5.74) is 6.19. The molecule has 0 saturated heterocycles. The predicted octanol–water partition coefficient (Wildman–Crippen LogP) is 0.794. The van der Waals surface area contributed by atoms with Crippen molar-refractivity contribution < 1.29 is 24.2 Å². The summed E-state index contributed by atoms with van der Waals surface area (Å²) >= 11 is 0. The summed E-state index contributed by atoms with van der Waals surface area (Å²) in [5, 5.41) is 8.46. The van der Waals surface area contributed by atoms with Gasteiger partial charge in [-0.2, -0.15) is 0 Å². The Bertz CT molecular complexity index is 393. The first kappa shape index (κ1) is 14.0. The molecule has 0 heterocycles. The van der Waals surface area contributed by atoms with Crippen molar-refractivity contribution in [2.45, 2.75) is 12.5 Å². The van der Waals surface area contributed by atoms with Crippen LogP contribution in [0, 0.1) is 0 Å². The molecule has 0 saturated carbocycles. The minimum atomic E-state index is -1.23. The van der Waals surface area contributed by atoms with Crippen LogP contribution in [0.2, 0.25) is 0 Å². The number of ether oxygens (including phenoxy) is 2. The van der Waals surface area contributed by atoms with Gasteiger partial charge in [0.1, 0.15) is 12.6 Å². The Labute approximate surface area is 104 Å². The second-order valence-electron chi connectivity index (χ2n) is 3.59. The first-order valence-electron chi connectivity index (χ1n) is 5.41. The number of rotatable bonds is 6. The molecule has 0 fully saturated rings. The van der Waals surface area contributed by atoms with E-state index in [-0.39, 0.29) is 6.61 Å². The standard InChI is InChI=1S/C12H15NO5/c13-10(11(14)15)8-18-12(16)17-7-6-9-4-2-1-3-5-9/h1-5,10H,6-8,13H2,(H,14,15). The molecule has 3 N–H and O–H groups in total. The predicted molar refractivity (Wildman–Crippen MR) is 63.1 cm³/mol. The Morgan fingerprint density at radius 2 is 1.89 bits per heavy atom. The van der Waals surface area contributed by atoms with Crippen LogP contribution < -0.4 is 5.73 Å². The minimum Gasteiger partial charge on any atom is -0.480 e. The summed E-state index contributed by atoms with van der Waals surface area (Å²) < 4.78 is 9.30. The Hall–Kier alpha value is -2.08. The molecule has 0 amide bonds.